The molecule has 0 atom stereocenters. The van der Waals surface area contributed by atoms with Gasteiger partial charge in [-0.25, -0.2) is 8.42 Å². The lowest BCUT2D eigenvalue weighted by Gasteiger charge is -2.38. The van der Waals surface area contributed by atoms with Gasteiger partial charge >= 0.3 is 0 Å². The number of nitrogens with zero attached hydrogens (tertiary/aromatic N) is 4. The topological polar surface area (TPSA) is 90.9 Å². The van der Waals surface area contributed by atoms with E-state index in [0.29, 0.717) is 57.0 Å². The summed E-state index contributed by atoms with van der Waals surface area (Å²) in [6.45, 7) is 8.35. The number of piperazine rings is 1. The van der Waals surface area contributed by atoms with Crippen molar-refractivity contribution in [2.75, 3.05) is 39.3 Å². The minimum atomic E-state index is -3.60. The first kappa shape index (κ1) is 25.3. The number of aryl methyl sites for hydroxylation is 3. The van der Waals surface area contributed by atoms with E-state index >= 15 is 0 Å². The Hall–Kier alpha value is -2.78. The van der Waals surface area contributed by atoms with Gasteiger partial charge in [-0.2, -0.15) is 4.31 Å². The van der Waals surface area contributed by atoms with Crippen LogP contribution in [0.15, 0.2) is 41.4 Å². The maximum Gasteiger partial charge on any atom is 0.243 e. The SMILES string of the molecule is Cc1cc(C)c(S(=O)(=O)N2CCC(C(=O)N3CCN(C(=O)Cc4ccccn4)CC3)CC2)c(C)c1. The van der Waals surface area contributed by atoms with Crippen molar-refractivity contribution in [2.24, 2.45) is 5.92 Å². The van der Waals surface area contributed by atoms with Crippen LogP contribution in [0, 0.1) is 26.7 Å². The maximum absolute atomic E-state index is 13.3. The van der Waals surface area contributed by atoms with E-state index in [-0.39, 0.29) is 24.2 Å². The number of rotatable bonds is 5. The van der Waals surface area contributed by atoms with Gasteiger partial charge in [-0.3, -0.25) is 14.6 Å². The van der Waals surface area contributed by atoms with Crippen molar-refractivity contribution in [1.82, 2.24) is 19.1 Å². The molecule has 0 spiro atoms. The fourth-order valence-electron chi connectivity index (χ4n) is 5.25. The molecule has 35 heavy (non-hydrogen) atoms. The summed E-state index contributed by atoms with van der Waals surface area (Å²) in [5, 5.41) is 0. The molecule has 2 amide bonds. The highest BCUT2D eigenvalue weighted by atomic mass is 32.2. The molecule has 0 aliphatic carbocycles. The lowest BCUT2D eigenvalue weighted by atomic mass is 9.96. The Balaban J connectivity index is 1.30. The summed E-state index contributed by atoms with van der Waals surface area (Å²) < 4.78 is 28.2. The van der Waals surface area contributed by atoms with Crippen LogP contribution in [0.25, 0.3) is 0 Å². The molecule has 8 nitrogen and oxygen atoms in total. The number of sulfonamides is 1. The summed E-state index contributed by atoms with van der Waals surface area (Å²) in [5.74, 6) is -0.0880. The molecule has 0 N–H and O–H groups in total. The molecule has 188 valence electrons. The van der Waals surface area contributed by atoms with Crippen molar-refractivity contribution in [3.63, 3.8) is 0 Å². The first-order chi connectivity index (χ1) is 16.7. The summed E-state index contributed by atoms with van der Waals surface area (Å²) >= 11 is 0. The quantitative estimate of drug-likeness (QED) is 0.631. The van der Waals surface area contributed by atoms with Crippen molar-refractivity contribution in [2.45, 2.75) is 44.9 Å². The Bertz CT molecular complexity index is 1160. The molecule has 2 aromatic rings. The summed E-state index contributed by atoms with van der Waals surface area (Å²) in [5.41, 5.74) is 3.31. The molecular formula is C26H34N4O4S. The molecule has 1 aromatic heterocycles. The number of piperidine rings is 1. The number of benzene rings is 1. The van der Waals surface area contributed by atoms with E-state index in [0.717, 1.165) is 22.4 Å². The van der Waals surface area contributed by atoms with Gasteiger partial charge < -0.3 is 9.80 Å². The fraction of sp³-hybridized carbons (Fsp3) is 0.500. The first-order valence-electron chi connectivity index (χ1n) is 12.2. The average molecular weight is 499 g/mol. The van der Waals surface area contributed by atoms with Crippen LogP contribution in [0.4, 0.5) is 0 Å². The van der Waals surface area contributed by atoms with Gasteiger partial charge in [-0.15, -0.1) is 0 Å². The van der Waals surface area contributed by atoms with E-state index in [1.165, 1.54) is 4.31 Å². The molecule has 0 saturated carbocycles. The Labute approximate surface area is 208 Å². The van der Waals surface area contributed by atoms with Gasteiger partial charge in [0, 0.05) is 57.1 Å². The van der Waals surface area contributed by atoms with Crippen LogP contribution >= 0.6 is 0 Å². The minimum Gasteiger partial charge on any atom is -0.339 e. The number of hydrogen-bond acceptors (Lipinski definition) is 5. The van der Waals surface area contributed by atoms with Gasteiger partial charge in [-0.05, 0) is 56.9 Å². The van der Waals surface area contributed by atoms with Crippen LogP contribution in [-0.2, 0) is 26.0 Å². The minimum absolute atomic E-state index is 0.0241. The Morgan fingerprint density at radius 1 is 0.914 bits per heavy atom. The van der Waals surface area contributed by atoms with Crippen LogP contribution in [0.1, 0.15) is 35.2 Å². The van der Waals surface area contributed by atoms with E-state index < -0.39 is 10.0 Å². The zero-order chi connectivity index (χ0) is 25.2. The van der Waals surface area contributed by atoms with E-state index in [2.05, 4.69) is 4.98 Å². The number of aromatic nitrogens is 1. The zero-order valence-corrected chi connectivity index (χ0v) is 21.6. The molecule has 2 fully saturated rings. The van der Waals surface area contributed by atoms with Crippen LogP contribution in [0.3, 0.4) is 0 Å². The molecule has 2 aliphatic heterocycles. The fourth-order valence-corrected chi connectivity index (χ4v) is 7.13. The smallest absolute Gasteiger partial charge is 0.243 e. The van der Waals surface area contributed by atoms with Gasteiger partial charge in [0.2, 0.25) is 21.8 Å². The maximum atomic E-state index is 13.3. The number of carbonyl (C=O) groups excluding carboxylic acids is 2. The molecule has 9 heteroatoms. The highest BCUT2D eigenvalue weighted by Crippen LogP contribution is 2.29. The lowest BCUT2D eigenvalue weighted by molar-refractivity contribution is -0.142. The van der Waals surface area contributed by atoms with Crippen molar-refractivity contribution in [3.8, 4) is 0 Å². The molecule has 4 rings (SSSR count). The molecule has 3 heterocycles. The van der Waals surface area contributed by atoms with Crippen molar-refractivity contribution in [3.05, 3.63) is 58.9 Å². The van der Waals surface area contributed by atoms with E-state index in [1.807, 2.05) is 56.0 Å². The molecular weight excluding hydrogens is 464 g/mol. The van der Waals surface area contributed by atoms with Crippen LogP contribution in [0.2, 0.25) is 0 Å². The Morgan fingerprint density at radius 2 is 1.51 bits per heavy atom. The predicted octanol–water partition coefficient (Wildman–Crippen LogP) is 2.32. The molecule has 0 unspecified atom stereocenters. The molecule has 1 aromatic carbocycles. The highest BCUT2D eigenvalue weighted by molar-refractivity contribution is 7.89. The van der Waals surface area contributed by atoms with E-state index in [1.54, 1.807) is 11.1 Å². The van der Waals surface area contributed by atoms with Gasteiger partial charge in [0.1, 0.15) is 0 Å². The summed E-state index contributed by atoms with van der Waals surface area (Å²) in [7, 11) is -3.60. The monoisotopic (exact) mass is 498 g/mol. The largest absolute Gasteiger partial charge is 0.339 e. The second-order valence-electron chi connectivity index (χ2n) is 9.61. The molecule has 0 bridgehead atoms. The van der Waals surface area contributed by atoms with E-state index in [4.69, 9.17) is 0 Å². The molecule has 2 aliphatic rings. The normalized spacial score (nSPS) is 18.0. The van der Waals surface area contributed by atoms with Crippen LogP contribution in [-0.4, -0.2) is 78.6 Å². The van der Waals surface area contributed by atoms with Crippen molar-refractivity contribution < 1.29 is 18.0 Å². The Morgan fingerprint density at radius 3 is 2.09 bits per heavy atom. The van der Waals surface area contributed by atoms with Gasteiger partial charge in [-0.1, -0.05) is 23.8 Å². The molecule has 0 radical (unpaired) electrons. The Kier molecular flexibility index (Phi) is 7.56. The van der Waals surface area contributed by atoms with E-state index in [9.17, 15) is 18.0 Å². The standard InChI is InChI=1S/C26H34N4O4S/c1-19-16-20(2)25(21(3)17-19)35(33,34)30-10-7-22(8-11-30)26(32)29-14-12-28(13-15-29)24(31)18-23-6-4-5-9-27-23/h4-6,9,16-17,22H,7-8,10-15,18H2,1-3H3. The van der Waals surface area contributed by atoms with Crippen molar-refractivity contribution >= 4 is 21.8 Å². The van der Waals surface area contributed by atoms with Gasteiger partial charge in [0.25, 0.3) is 0 Å². The van der Waals surface area contributed by atoms with Gasteiger partial charge in [0.15, 0.2) is 0 Å². The summed E-state index contributed by atoms with van der Waals surface area (Å²) in [4.78, 5) is 33.9. The first-order valence-corrected chi connectivity index (χ1v) is 13.7. The predicted molar refractivity (Wildman–Crippen MR) is 133 cm³/mol. The number of hydrogen-bond donors (Lipinski definition) is 0. The summed E-state index contributed by atoms with van der Waals surface area (Å²) in [6.07, 6.45) is 2.97. The third-order valence-electron chi connectivity index (χ3n) is 7.01. The van der Waals surface area contributed by atoms with Crippen molar-refractivity contribution in [1.29, 1.82) is 0 Å². The summed E-state index contributed by atoms with van der Waals surface area (Å²) in [6, 6.07) is 9.33. The number of pyridine rings is 1. The third-order valence-corrected chi connectivity index (χ3v) is 9.21. The zero-order valence-electron chi connectivity index (χ0n) is 20.7. The average Bonchev–Trinajstić information content (AvgIpc) is 2.83. The third kappa shape index (κ3) is 5.56. The second kappa shape index (κ2) is 10.5. The second-order valence-corrected chi connectivity index (χ2v) is 11.5. The number of amides is 2. The molecule has 2 saturated heterocycles. The van der Waals surface area contributed by atoms with Gasteiger partial charge in [0.05, 0.1) is 11.3 Å². The van der Waals surface area contributed by atoms with Crippen LogP contribution in [0.5, 0.6) is 0 Å². The number of carbonyl (C=O) groups is 2. The highest BCUT2D eigenvalue weighted by Gasteiger charge is 2.36. The lowest BCUT2D eigenvalue weighted by Crippen LogP contribution is -2.53. The van der Waals surface area contributed by atoms with Crippen LogP contribution < -0.4 is 0 Å².